The largest absolute Gasteiger partial charge is 0.348 e. The maximum Gasteiger partial charge on any atom is 0.270 e. The smallest absolute Gasteiger partial charge is 0.270 e. The first-order chi connectivity index (χ1) is 11.7. The molecule has 0 aromatic carbocycles. The Hall–Kier alpha value is -2.27. The lowest BCUT2D eigenvalue weighted by molar-refractivity contribution is 0.0914. The lowest BCUT2D eigenvalue weighted by Gasteiger charge is -2.29. The number of nitrogens with two attached hydrogens (primary N) is 1. The third-order valence-electron chi connectivity index (χ3n) is 5.53. The quantitative estimate of drug-likeness (QED) is 0.910. The van der Waals surface area contributed by atoms with Gasteiger partial charge in [0.25, 0.3) is 5.91 Å². The average Bonchev–Trinajstić information content (AvgIpc) is 3.26. The molecule has 1 unspecified atom stereocenters. The number of amides is 1. The number of carbonyl (C=O) groups is 1. The first-order valence-electron chi connectivity index (χ1n) is 8.61. The van der Waals surface area contributed by atoms with E-state index in [1.54, 1.807) is 12.4 Å². The molecular formula is C19H22N4O. The first kappa shape index (κ1) is 15.3. The van der Waals surface area contributed by atoms with E-state index in [1.165, 1.54) is 0 Å². The van der Waals surface area contributed by atoms with Crippen LogP contribution in [0.4, 0.5) is 0 Å². The highest BCUT2D eigenvalue weighted by Crippen LogP contribution is 2.55. The summed E-state index contributed by atoms with van der Waals surface area (Å²) in [6.07, 6.45) is 8.78. The fourth-order valence-corrected chi connectivity index (χ4v) is 3.86. The highest BCUT2D eigenvalue weighted by Gasteiger charge is 2.52. The summed E-state index contributed by atoms with van der Waals surface area (Å²) in [6, 6.07) is 9.99. The lowest BCUT2D eigenvalue weighted by Crippen LogP contribution is -2.39. The van der Waals surface area contributed by atoms with Crippen LogP contribution in [0.2, 0.25) is 0 Å². The van der Waals surface area contributed by atoms with Crippen molar-refractivity contribution >= 4 is 5.91 Å². The molecule has 0 aliphatic heterocycles. The molecule has 1 spiro atoms. The van der Waals surface area contributed by atoms with Crippen molar-refractivity contribution in [1.82, 2.24) is 15.3 Å². The van der Waals surface area contributed by atoms with Gasteiger partial charge in [-0.2, -0.15) is 0 Å². The molecule has 124 valence electrons. The van der Waals surface area contributed by atoms with Crippen LogP contribution >= 0.6 is 0 Å². The molecular weight excluding hydrogens is 300 g/mol. The number of aromatic nitrogens is 2. The summed E-state index contributed by atoms with van der Waals surface area (Å²) in [5.74, 6) is -0.114. The van der Waals surface area contributed by atoms with Gasteiger partial charge in [-0.3, -0.25) is 14.8 Å². The Balaban J connectivity index is 1.47. The van der Waals surface area contributed by atoms with Crippen molar-refractivity contribution in [2.45, 2.75) is 44.2 Å². The number of carbonyl (C=O) groups excluding carboxylic acids is 1. The van der Waals surface area contributed by atoms with Crippen LogP contribution in [0.25, 0.3) is 11.3 Å². The van der Waals surface area contributed by atoms with E-state index in [0.29, 0.717) is 17.2 Å². The van der Waals surface area contributed by atoms with Crippen molar-refractivity contribution in [3.8, 4) is 11.3 Å². The summed E-state index contributed by atoms with van der Waals surface area (Å²) in [5.41, 5.74) is 8.41. The molecule has 5 nitrogen and oxygen atoms in total. The minimum absolute atomic E-state index is 0.114. The minimum Gasteiger partial charge on any atom is -0.348 e. The van der Waals surface area contributed by atoms with Crippen LogP contribution in [0.15, 0.2) is 42.7 Å². The van der Waals surface area contributed by atoms with E-state index in [1.807, 2.05) is 30.3 Å². The second-order valence-corrected chi connectivity index (χ2v) is 7.04. The van der Waals surface area contributed by atoms with Crippen molar-refractivity contribution in [2.75, 3.05) is 0 Å². The number of rotatable bonds is 3. The maximum absolute atomic E-state index is 12.7. The molecule has 2 aliphatic rings. The third-order valence-corrected chi connectivity index (χ3v) is 5.53. The first-order valence-corrected chi connectivity index (χ1v) is 8.61. The zero-order valence-electron chi connectivity index (χ0n) is 13.6. The Morgan fingerprint density at radius 3 is 2.54 bits per heavy atom. The molecule has 24 heavy (non-hydrogen) atoms. The molecule has 2 heterocycles. The molecule has 4 rings (SSSR count). The van der Waals surface area contributed by atoms with Gasteiger partial charge in [0.15, 0.2) is 0 Å². The van der Waals surface area contributed by atoms with Crippen LogP contribution in [-0.4, -0.2) is 28.0 Å². The summed E-state index contributed by atoms with van der Waals surface area (Å²) in [4.78, 5) is 21.4. The second-order valence-electron chi connectivity index (χ2n) is 7.04. The highest BCUT2D eigenvalue weighted by atomic mass is 16.1. The predicted octanol–water partition coefficient (Wildman–Crippen LogP) is 2.53. The van der Waals surface area contributed by atoms with E-state index in [0.717, 1.165) is 43.4 Å². The van der Waals surface area contributed by atoms with Gasteiger partial charge in [-0.25, -0.2) is 0 Å². The standard InChI is InChI=1S/C19H22N4O/c20-16-12-19(16)8-6-13(7-9-19)23-18(24)17-14(4-3-11-22-17)15-5-1-2-10-21-15/h1-5,10-11,13,16H,6-9,12,20H2,(H,23,24). The number of pyridine rings is 2. The van der Waals surface area contributed by atoms with E-state index in [2.05, 4.69) is 15.3 Å². The molecule has 2 aromatic rings. The van der Waals surface area contributed by atoms with Crippen molar-refractivity contribution in [1.29, 1.82) is 0 Å². The molecule has 2 saturated carbocycles. The molecule has 2 aromatic heterocycles. The number of nitrogens with one attached hydrogen (secondary N) is 1. The van der Waals surface area contributed by atoms with E-state index < -0.39 is 0 Å². The fourth-order valence-electron chi connectivity index (χ4n) is 3.86. The molecule has 3 N–H and O–H groups in total. The normalized spacial score (nSPS) is 28.5. The molecule has 0 bridgehead atoms. The van der Waals surface area contributed by atoms with Gasteiger partial charge in [-0.1, -0.05) is 6.07 Å². The van der Waals surface area contributed by atoms with Crippen LogP contribution in [-0.2, 0) is 0 Å². The molecule has 2 fully saturated rings. The van der Waals surface area contributed by atoms with Crippen LogP contribution in [0.1, 0.15) is 42.6 Å². The van der Waals surface area contributed by atoms with Crippen LogP contribution < -0.4 is 11.1 Å². The summed E-state index contributed by atoms with van der Waals surface area (Å²) in [5, 5.41) is 3.16. The van der Waals surface area contributed by atoms with Gasteiger partial charge in [-0.05, 0) is 61.8 Å². The van der Waals surface area contributed by atoms with Crippen LogP contribution in [0.3, 0.4) is 0 Å². The highest BCUT2D eigenvalue weighted by molar-refractivity contribution is 5.98. The van der Waals surface area contributed by atoms with E-state index >= 15 is 0 Å². The number of hydrogen-bond acceptors (Lipinski definition) is 4. The van der Waals surface area contributed by atoms with Crippen LogP contribution in [0.5, 0.6) is 0 Å². The van der Waals surface area contributed by atoms with E-state index in [9.17, 15) is 4.79 Å². The predicted molar refractivity (Wildman–Crippen MR) is 92.2 cm³/mol. The summed E-state index contributed by atoms with van der Waals surface area (Å²) in [7, 11) is 0. The Labute approximate surface area is 141 Å². The van der Waals surface area contributed by atoms with E-state index in [4.69, 9.17) is 5.73 Å². The second kappa shape index (κ2) is 5.98. The minimum atomic E-state index is -0.114. The van der Waals surface area contributed by atoms with Crippen molar-refractivity contribution in [2.24, 2.45) is 11.1 Å². The van der Waals surface area contributed by atoms with Crippen LogP contribution in [0, 0.1) is 5.41 Å². The fraction of sp³-hybridized carbons (Fsp3) is 0.421. The van der Waals surface area contributed by atoms with Gasteiger partial charge in [0.1, 0.15) is 5.69 Å². The van der Waals surface area contributed by atoms with Gasteiger partial charge in [0, 0.05) is 30.0 Å². The van der Waals surface area contributed by atoms with Gasteiger partial charge in [0.2, 0.25) is 0 Å². The number of nitrogens with zero attached hydrogens (tertiary/aromatic N) is 2. The van der Waals surface area contributed by atoms with Gasteiger partial charge in [0.05, 0.1) is 5.69 Å². The van der Waals surface area contributed by atoms with Gasteiger partial charge < -0.3 is 11.1 Å². The van der Waals surface area contributed by atoms with E-state index in [-0.39, 0.29) is 11.9 Å². The molecule has 2 aliphatic carbocycles. The average molecular weight is 322 g/mol. The third kappa shape index (κ3) is 2.80. The Kier molecular flexibility index (Phi) is 3.81. The maximum atomic E-state index is 12.7. The number of hydrogen-bond donors (Lipinski definition) is 2. The molecule has 5 heteroatoms. The monoisotopic (exact) mass is 322 g/mol. The van der Waals surface area contributed by atoms with Crippen molar-refractivity contribution < 1.29 is 4.79 Å². The lowest BCUT2D eigenvalue weighted by atomic mass is 9.83. The summed E-state index contributed by atoms with van der Waals surface area (Å²) in [6.45, 7) is 0. The topological polar surface area (TPSA) is 80.9 Å². The Bertz CT molecular complexity index is 738. The van der Waals surface area contributed by atoms with Gasteiger partial charge >= 0.3 is 0 Å². The molecule has 1 atom stereocenters. The molecule has 0 saturated heterocycles. The van der Waals surface area contributed by atoms with Crippen molar-refractivity contribution in [3.05, 3.63) is 48.4 Å². The Morgan fingerprint density at radius 1 is 1.12 bits per heavy atom. The Morgan fingerprint density at radius 2 is 1.88 bits per heavy atom. The zero-order valence-corrected chi connectivity index (χ0v) is 13.6. The van der Waals surface area contributed by atoms with Gasteiger partial charge in [-0.15, -0.1) is 0 Å². The zero-order chi connectivity index (χ0) is 16.6. The summed E-state index contributed by atoms with van der Waals surface area (Å²) >= 11 is 0. The molecule has 0 radical (unpaired) electrons. The van der Waals surface area contributed by atoms with Crippen molar-refractivity contribution in [3.63, 3.8) is 0 Å². The SMILES string of the molecule is NC1CC12CCC(NC(=O)c1ncccc1-c1ccccn1)CC2. The molecule has 1 amide bonds. The summed E-state index contributed by atoms with van der Waals surface area (Å²) < 4.78 is 0.